The molecule has 3 heteroatoms. The highest BCUT2D eigenvalue weighted by atomic mass is 16.1. The fraction of sp³-hybridized carbons (Fsp3) is 0. The van der Waals surface area contributed by atoms with Crippen molar-refractivity contribution in [3.8, 4) is 22.3 Å². The Labute approximate surface area is 206 Å². The number of benzene rings is 5. The first-order valence-corrected chi connectivity index (χ1v) is 12.2. The third kappa shape index (κ3) is 2.49. The van der Waals surface area contributed by atoms with Crippen LogP contribution in [0.25, 0.3) is 66.0 Å². The topological polar surface area (TPSA) is 25.9 Å². The maximum atomic E-state index is 13.8. The van der Waals surface area contributed by atoms with Crippen molar-refractivity contribution in [1.82, 2.24) is 8.80 Å². The standard InChI is InChI=1S/C33H20N2O/c36-33-25-13-7-8-14-28(25)34-29-17-15-23(21-9-3-1-4-10-21)19-26(29)31-27-20-24(22-11-5-2-6-12-22)16-18-30(27)35(33)32(31)34/h1-20H. The van der Waals surface area contributed by atoms with E-state index in [4.69, 9.17) is 0 Å². The Morgan fingerprint density at radius 1 is 0.417 bits per heavy atom. The molecule has 0 saturated carbocycles. The molecule has 168 valence electrons. The van der Waals surface area contributed by atoms with E-state index in [0.717, 1.165) is 49.3 Å². The fourth-order valence-electron chi connectivity index (χ4n) is 5.84. The van der Waals surface area contributed by atoms with Crippen LogP contribution in [-0.4, -0.2) is 8.80 Å². The van der Waals surface area contributed by atoms with Gasteiger partial charge in [0.25, 0.3) is 5.56 Å². The molecule has 0 bridgehead atoms. The lowest BCUT2D eigenvalue weighted by molar-refractivity contribution is 1.12. The lowest BCUT2D eigenvalue weighted by atomic mass is 10.0. The SMILES string of the molecule is O=c1c2ccccc2n2c3ccc(-c4ccccc4)cc3c3c4cc(-c5ccccc5)ccc4n1c32. The summed E-state index contributed by atoms with van der Waals surface area (Å²) in [6, 6.07) is 41.9. The molecule has 8 aromatic rings. The number of fused-ring (bicyclic) bond motifs is 8. The van der Waals surface area contributed by atoms with Crippen LogP contribution in [0.15, 0.2) is 126 Å². The summed E-state index contributed by atoms with van der Waals surface area (Å²) in [6.07, 6.45) is 0. The largest absolute Gasteiger partial charge is 0.294 e. The van der Waals surface area contributed by atoms with Crippen molar-refractivity contribution in [2.75, 3.05) is 0 Å². The van der Waals surface area contributed by atoms with Crippen molar-refractivity contribution in [3.63, 3.8) is 0 Å². The molecule has 36 heavy (non-hydrogen) atoms. The number of hydrogen-bond acceptors (Lipinski definition) is 1. The van der Waals surface area contributed by atoms with Crippen molar-refractivity contribution in [2.24, 2.45) is 0 Å². The molecule has 0 saturated heterocycles. The molecular weight excluding hydrogens is 440 g/mol. The summed E-state index contributed by atoms with van der Waals surface area (Å²) in [4.78, 5) is 13.8. The third-order valence-electron chi connectivity index (χ3n) is 7.45. The maximum absolute atomic E-state index is 13.8. The molecule has 0 atom stereocenters. The second kappa shape index (κ2) is 7.06. The number of hydrogen-bond donors (Lipinski definition) is 0. The van der Waals surface area contributed by atoms with Gasteiger partial charge in [0.05, 0.1) is 21.9 Å². The van der Waals surface area contributed by atoms with E-state index in [2.05, 4.69) is 89.3 Å². The van der Waals surface area contributed by atoms with Crippen LogP contribution in [0.1, 0.15) is 0 Å². The van der Waals surface area contributed by atoms with Gasteiger partial charge in [-0.25, -0.2) is 0 Å². The Morgan fingerprint density at radius 3 is 1.53 bits per heavy atom. The van der Waals surface area contributed by atoms with Gasteiger partial charge in [-0.3, -0.25) is 13.6 Å². The number of aromatic nitrogens is 2. The zero-order valence-corrected chi connectivity index (χ0v) is 19.3. The van der Waals surface area contributed by atoms with E-state index in [9.17, 15) is 4.79 Å². The van der Waals surface area contributed by atoms with Gasteiger partial charge in [0.2, 0.25) is 0 Å². The van der Waals surface area contributed by atoms with Crippen LogP contribution >= 0.6 is 0 Å². The molecule has 0 aliphatic rings. The Balaban J connectivity index is 1.61. The van der Waals surface area contributed by atoms with Crippen molar-refractivity contribution >= 4 is 43.7 Å². The van der Waals surface area contributed by atoms with Crippen LogP contribution in [0.5, 0.6) is 0 Å². The maximum Gasteiger partial charge on any atom is 0.266 e. The highest BCUT2D eigenvalue weighted by Crippen LogP contribution is 2.40. The van der Waals surface area contributed by atoms with Crippen LogP contribution in [0, 0.1) is 0 Å². The summed E-state index contributed by atoms with van der Waals surface area (Å²) < 4.78 is 4.17. The predicted molar refractivity (Wildman–Crippen MR) is 149 cm³/mol. The van der Waals surface area contributed by atoms with Gasteiger partial charge in [-0.05, 0) is 58.7 Å². The van der Waals surface area contributed by atoms with Crippen molar-refractivity contribution < 1.29 is 0 Å². The molecule has 3 heterocycles. The van der Waals surface area contributed by atoms with E-state index in [1.165, 1.54) is 16.7 Å². The van der Waals surface area contributed by atoms with E-state index in [1.807, 2.05) is 40.8 Å². The molecular formula is C33H20N2O. The fourth-order valence-corrected chi connectivity index (χ4v) is 5.84. The summed E-state index contributed by atoms with van der Waals surface area (Å²) in [6.45, 7) is 0. The molecule has 0 radical (unpaired) electrons. The van der Waals surface area contributed by atoms with E-state index >= 15 is 0 Å². The average Bonchev–Trinajstić information content (AvgIpc) is 3.46. The van der Waals surface area contributed by atoms with Gasteiger partial charge < -0.3 is 0 Å². The Bertz CT molecular complexity index is 2150. The summed E-state index contributed by atoms with van der Waals surface area (Å²) in [7, 11) is 0. The first-order valence-electron chi connectivity index (χ1n) is 12.2. The zero-order valence-electron chi connectivity index (χ0n) is 19.3. The van der Waals surface area contributed by atoms with Crippen LogP contribution in [0.4, 0.5) is 0 Å². The van der Waals surface area contributed by atoms with Crippen LogP contribution < -0.4 is 5.56 Å². The average molecular weight is 461 g/mol. The molecule has 8 rings (SSSR count). The molecule has 0 aliphatic heterocycles. The van der Waals surface area contributed by atoms with Gasteiger partial charge in [0.1, 0.15) is 5.65 Å². The minimum absolute atomic E-state index is 0.0247. The number of para-hydroxylation sites is 1. The van der Waals surface area contributed by atoms with Crippen LogP contribution in [0.2, 0.25) is 0 Å². The first kappa shape index (κ1) is 19.4. The third-order valence-corrected chi connectivity index (χ3v) is 7.45. The van der Waals surface area contributed by atoms with Gasteiger partial charge in [-0.2, -0.15) is 0 Å². The second-order valence-corrected chi connectivity index (χ2v) is 9.39. The zero-order chi connectivity index (χ0) is 23.8. The minimum atomic E-state index is 0.0247. The van der Waals surface area contributed by atoms with Crippen molar-refractivity contribution in [2.45, 2.75) is 0 Å². The summed E-state index contributed by atoms with van der Waals surface area (Å²) in [5, 5.41) is 4.10. The molecule has 3 nitrogen and oxygen atoms in total. The summed E-state index contributed by atoms with van der Waals surface area (Å²) >= 11 is 0. The van der Waals surface area contributed by atoms with E-state index in [-0.39, 0.29) is 5.56 Å². The van der Waals surface area contributed by atoms with Gasteiger partial charge in [0, 0.05) is 16.2 Å². The lowest BCUT2D eigenvalue weighted by Crippen LogP contribution is -2.15. The van der Waals surface area contributed by atoms with Crippen LogP contribution in [0.3, 0.4) is 0 Å². The Kier molecular flexibility index (Phi) is 3.81. The quantitative estimate of drug-likeness (QED) is 0.259. The Morgan fingerprint density at radius 2 is 0.917 bits per heavy atom. The van der Waals surface area contributed by atoms with E-state index in [1.54, 1.807) is 0 Å². The van der Waals surface area contributed by atoms with Crippen LogP contribution in [-0.2, 0) is 0 Å². The summed E-state index contributed by atoms with van der Waals surface area (Å²) in [5.74, 6) is 0. The predicted octanol–water partition coefficient (Wildman–Crippen LogP) is 7.78. The molecule has 0 aliphatic carbocycles. The normalized spacial score (nSPS) is 12.0. The Hall–Kier alpha value is -4.89. The first-order chi connectivity index (χ1) is 17.8. The van der Waals surface area contributed by atoms with Gasteiger partial charge >= 0.3 is 0 Å². The smallest absolute Gasteiger partial charge is 0.266 e. The highest BCUT2D eigenvalue weighted by Gasteiger charge is 2.22. The number of nitrogens with zero attached hydrogens (tertiary/aromatic N) is 2. The molecule has 0 fully saturated rings. The molecule has 3 aromatic heterocycles. The van der Waals surface area contributed by atoms with E-state index < -0.39 is 0 Å². The van der Waals surface area contributed by atoms with Gasteiger partial charge in [0.15, 0.2) is 0 Å². The van der Waals surface area contributed by atoms with Crippen molar-refractivity contribution in [3.05, 3.63) is 132 Å². The van der Waals surface area contributed by atoms with Gasteiger partial charge in [-0.15, -0.1) is 0 Å². The molecule has 0 N–H and O–H groups in total. The second-order valence-electron chi connectivity index (χ2n) is 9.39. The molecule has 0 amide bonds. The molecule has 5 aromatic carbocycles. The molecule has 0 unspecified atom stereocenters. The van der Waals surface area contributed by atoms with Gasteiger partial charge in [-0.1, -0.05) is 84.9 Å². The van der Waals surface area contributed by atoms with E-state index in [0.29, 0.717) is 0 Å². The number of rotatable bonds is 2. The minimum Gasteiger partial charge on any atom is -0.294 e. The highest BCUT2D eigenvalue weighted by molar-refractivity contribution is 6.23. The summed E-state index contributed by atoms with van der Waals surface area (Å²) in [5.41, 5.74) is 8.62. The molecule has 0 spiro atoms. The van der Waals surface area contributed by atoms with Crippen molar-refractivity contribution in [1.29, 1.82) is 0 Å². The lowest BCUT2D eigenvalue weighted by Gasteiger charge is -2.08. The monoisotopic (exact) mass is 460 g/mol.